The largest absolute Gasteiger partial charge is 0.432 e. The minimum absolute atomic E-state index is 0.0502. The molecule has 7 fully saturated rings. The monoisotopic (exact) mass is 913 g/mol. The Morgan fingerprint density at radius 3 is 2.00 bits per heavy atom. The van der Waals surface area contributed by atoms with Crippen molar-refractivity contribution in [3.63, 3.8) is 0 Å². The Morgan fingerprint density at radius 2 is 1.31 bits per heavy atom. The van der Waals surface area contributed by atoms with Crippen LogP contribution in [0.2, 0.25) is 0 Å². The number of carbonyl (C=O) groups excluding carboxylic acids is 1. The molecular weight excluding hydrogens is 836 g/mol. The second-order valence-corrected chi connectivity index (χ2v) is 23.1. The van der Waals surface area contributed by atoms with Gasteiger partial charge in [-0.25, -0.2) is 0 Å². The molecule has 3 aliphatic heterocycles. The summed E-state index contributed by atoms with van der Waals surface area (Å²) in [7, 11) is 0. The second kappa shape index (κ2) is 17.2. The Labute approximate surface area is 376 Å². The molecule has 0 amide bonds. The van der Waals surface area contributed by atoms with Gasteiger partial charge in [0.2, 0.25) is 6.29 Å². The number of rotatable bonds is 8. The van der Waals surface area contributed by atoms with Crippen molar-refractivity contribution in [2.75, 3.05) is 19.8 Å². The predicted molar refractivity (Wildman–Crippen MR) is 224 cm³/mol. The minimum Gasteiger partial charge on any atom is -0.432 e. The van der Waals surface area contributed by atoms with E-state index in [1.807, 2.05) is 0 Å². The number of aliphatic hydroxyl groups excluding tert-OH is 10. The van der Waals surface area contributed by atoms with Crippen LogP contribution in [0.15, 0.2) is 11.6 Å². The Bertz CT molecular complexity index is 1740. The summed E-state index contributed by atoms with van der Waals surface area (Å²) in [6, 6.07) is 0. The van der Waals surface area contributed by atoms with E-state index in [1.54, 1.807) is 0 Å². The van der Waals surface area contributed by atoms with Crippen molar-refractivity contribution in [2.45, 2.75) is 205 Å². The zero-order valence-corrected chi connectivity index (χ0v) is 38.5. The van der Waals surface area contributed by atoms with E-state index in [2.05, 4.69) is 54.5 Å². The van der Waals surface area contributed by atoms with E-state index in [0.29, 0.717) is 24.7 Å². The van der Waals surface area contributed by atoms with Gasteiger partial charge in [-0.1, -0.05) is 60.1 Å². The molecule has 0 bridgehead atoms. The molecule has 64 heavy (non-hydrogen) atoms. The first-order chi connectivity index (χ1) is 29.9. The highest BCUT2D eigenvalue weighted by Crippen LogP contribution is 2.76. The average Bonchev–Trinajstić information content (AvgIpc) is 3.24. The molecule has 8 rings (SSSR count). The third kappa shape index (κ3) is 7.67. The van der Waals surface area contributed by atoms with Crippen molar-refractivity contribution in [1.82, 2.24) is 0 Å². The topological polar surface area (TPSA) is 275 Å². The van der Waals surface area contributed by atoms with Crippen LogP contribution in [-0.2, 0) is 33.2 Å². The highest BCUT2D eigenvalue weighted by Gasteiger charge is 2.70. The lowest BCUT2D eigenvalue weighted by atomic mass is 9.33. The van der Waals surface area contributed by atoms with Crippen LogP contribution >= 0.6 is 0 Å². The number of allylic oxidation sites excluding steroid dienone is 2. The molecule has 17 heteroatoms. The lowest BCUT2D eigenvalue weighted by Gasteiger charge is -2.71. The first-order valence-corrected chi connectivity index (χ1v) is 23.7. The van der Waals surface area contributed by atoms with Gasteiger partial charge in [0.05, 0.1) is 31.3 Å². The maximum Gasteiger partial charge on any atom is 0.315 e. The lowest BCUT2D eigenvalue weighted by Crippen LogP contribution is -2.66. The number of fused-ring (bicyclic) bond motifs is 7. The van der Waals surface area contributed by atoms with E-state index < -0.39 is 111 Å². The molecule has 8 aliphatic rings. The molecule has 4 saturated carbocycles. The number of aliphatic hydroxyl groups is 10. The first kappa shape index (κ1) is 49.0. The Balaban J connectivity index is 1.01. The molecule has 0 radical (unpaired) electrons. The smallest absolute Gasteiger partial charge is 0.315 e. The van der Waals surface area contributed by atoms with E-state index in [4.69, 9.17) is 28.4 Å². The van der Waals surface area contributed by atoms with Gasteiger partial charge in [-0.2, -0.15) is 0 Å². The Hall–Kier alpha value is -1.39. The summed E-state index contributed by atoms with van der Waals surface area (Å²) >= 11 is 0. The maximum atomic E-state index is 14.9. The SMILES string of the molecule is CC1(C)CCC2(C(=O)O[C@@H]3O[C@H](CO[C@@H]4O[C@H](CO)[C@@H](O)[C@@H](O)[C@H]4O)[C@@H](O)[C@@H](O)[C@H]3O)CCC3(C)C(=CCC4C5(C)CCC(O[C@@H]6OC[C@@H](O)[C@@H](O)[C@H]6O)C(C)(C)C5CCC43C)C2C1. The summed E-state index contributed by atoms with van der Waals surface area (Å²) in [6.07, 6.45) is -11.0. The number of hydrogen-bond donors (Lipinski definition) is 10. The first-order valence-electron chi connectivity index (χ1n) is 23.7. The molecule has 0 aromatic carbocycles. The van der Waals surface area contributed by atoms with Gasteiger partial charge >= 0.3 is 5.97 Å². The van der Waals surface area contributed by atoms with Crippen LogP contribution in [0.1, 0.15) is 113 Å². The highest BCUT2D eigenvalue weighted by atomic mass is 16.7. The van der Waals surface area contributed by atoms with Crippen LogP contribution in [0.3, 0.4) is 0 Å². The third-order valence-corrected chi connectivity index (χ3v) is 18.9. The fourth-order valence-electron chi connectivity index (χ4n) is 14.7. The molecule has 5 aliphatic carbocycles. The van der Waals surface area contributed by atoms with Gasteiger partial charge in [0.25, 0.3) is 0 Å². The van der Waals surface area contributed by atoms with Gasteiger partial charge in [-0.05, 0) is 109 Å². The number of carbonyl (C=O) groups is 1. The van der Waals surface area contributed by atoms with Crippen LogP contribution in [0, 0.1) is 50.2 Å². The second-order valence-electron chi connectivity index (χ2n) is 23.1. The van der Waals surface area contributed by atoms with Gasteiger partial charge in [0.1, 0.15) is 67.1 Å². The normalized spacial score (nSPS) is 53.4. The fraction of sp³-hybridized carbons (Fsp3) is 0.936. The summed E-state index contributed by atoms with van der Waals surface area (Å²) in [5.41, 5.74) is -0.415. The highest BCUT2D eigenvalue weighted by molar-refractivity contribution is 5.79. The summed E-state index contributed by atoms with van der Waals surface area (Å²) in [5, 5.41) is 105. The van der Waals surface area contributed by atoms with E-state index >= 15 is 0 Å². The number of hydrogen-bond acceptors (Lipinski definition) is 17. The molecule has 0 spiro atoms. The molecule has 3 heterocycles. The zero-order chi connectivity index (χ0) is 46.7. The van der Waals surface area contributed by atoms with Gasteiger partial charge < -0.3 is 79.5 Å². The van der Waals surface area contributed by atoms with Crippen molar-refractivity contribution in [3.8, 4) is 0 Å². The molecule has 8 unspecified atom stereocenters. The summed E-state index contributed by atoms with van der Waals surface area (Å²) in [6.45, 7) is 15.0. The lowest BCUT2D eigenvalue weighted by molar-refractivity contribution is -0.328. The van der Waals surface area contributed by atoms with Crippen LogP contribution in [0.25, 0.3) is 0 Å². The molecule has 17 nitrogen and oxygen atoms in total. The third-order valence-electron chi connectivity index (χ3n) is 18.9. The van der Waals surface area contributed by atoms with Crippen molar-refractivity contribution >= 4 is 5.97 Å². The number of esters is 1. The van der Waals surface area contributed by atoms with Crippen LogP contribution in [0.5, 0.6) is 0 Å². The summed E-state index contributed by atoms with van der Waals surface area (Å²) in [5.74, 6) is -0.0729. The van der Waals surface area contributed by atoms with Crippen molar-refractivity contribution < 1.29 is 84.3 Å². The summed E-state index contributed by atoms with van der Waals surface area (Å²) in [4.78, 5) is 14.9. The molecule has 10 N–H and O–H groups in total. The Kier molecular flexibility index (Phi) is 13.2. The van der Waals surface area contributed by atoms with Crippen molar-refractivity contribution in [2.24, 2.45) is 50.2 Å². The van der Waals surface area contributed by atoms with Crippen LogP contribution in [-0.4, -0.2) is 169 Å². The van der Waals surface area contributed by atoms with Gasteiger partial charge in [0.15, 0.2) is 12.6 Å². The predicted octanol–water partition coefficient (Wildman–Crippen LogP) is 0.780. The minimum atomic E-state index is -1.79. The van der Waals surface area contributed by atoms with E-state index in [0.717, 1.165) is 51.4 Å². The molecule has 22 atom stereocenters. The number of ether oxygens (including phenoxy) is 6. The van der Waals surface area contributed by atoms with E-state index in [9.17, 15) is 55.9 Å². The van der Waals surface area contributed by atoms with Gasteiger partial charge in [-0.15, -0.1) is 0 Å². The molecule has 0 aromatic rings. The van der Waals surface area contributed by atoms with Gasteiger partial charge in [0, 0.05) is 0 Å². The molecule has 3 saturated heterocycles. The van der Waals surface area contributed by atoms with Gasteiger partial charge in [-0.3, -0.25) is 4.79 Å². The van der Waals surface area contributed by atoms with Crippen LogP contribution in [0.4, 0.5) is 0 Å². The van der Waals surface area contributed by atoms with Crippen molar-refractivity contribution in [3.05, 3.63) is 11.6 Å². The maximum absolute atomic E-state index is 14.9. The molecule has 366 valence electrons. The molecule has 0 aromatic heterocycles. The van der Waals surface area contributed by atoms with Crippen molar-refractivity contribution in [1.29, 1.82) is 0 Å². The zero-order valence-electron chi connectivity index (χ0n) is 38.5. The van der Waals surface area contributed by atoms with E-state index in [1.165, 1.54) is 5.57 Å². The average molecular weight is 913 g/mol. The van der Waals surface area contributed by atoms with E-state index in [-0.39, 0.29) is 45.7 Å². The molecular formula is C47H76O17. The standard InChI is InChI=1S/C47H76O17/c1-42(2)14-16-47(41(58)64-40-37(57)34(54)32(52)26(62-40)21-60-38-36(56)33(53)31(51)25(19-48)61-38)17-15-45(6)22(23(47)18-42)8-9-28-44(5)12-11-29(43(3,4)27(44)10-13-46(28,45)7)63-39-35(55)30(50)24(49)20-59-39/h8,23-40,48-57H,9-21H2,1-7H3/t23?,24-,25-,26-,27?,28?,29?,30-,31-,32-,33-,34-,35-,36-,37-,38-,39+,40+,44?,45?,46?,47?/m1/s1. The quantitative estimate of drug-likeness (QED) is 0.0916. The fourth-order valence-corrected chi connectivity index (χ4v) is 14.7. The Morgan fingerprint density at radius 1 is 0.688 bits per heavy atom. The van der Waals surface area contributed by atoms with Crippen LogP contribution < -0.4 is 0 Å². The summed E-state index contributed by atoms with van der Waals surface area (Å²) < 4.78 is 35.3.